The summed E-state index contributed by atoms with van der Waals surface area (Å²) in [7, 11) is -3.39. The van der Waals surface area contributed by atoms with Crippen LogP contribution in [0.1, 0.15) is 19.3 Å². The molecule has 0 unspecified atom stereocenters. The van der Waals surface area contributed by atoms with Crippen molar-refractivity contribution in [2.75, 3.05) is 16.3 Å². The van der Waals surface area contributed by atoms with Gasteiger partial charge in [-0.15, -0.1) is 5.10 Å². The number of sulfonamides is 1. The molecule has 0 radical (unpaired) electrons. The fourth-order valence-electron chi connectivity index (χ4n) is 2.23. The summed E-state index contributed by atoms with van der Waals surface area (Å²) in [5, 5.41) is 15.0. The molecule has 0 spiro atoms. The molecule has 10 heteroatoms. The van der Waals surface area contributed by atoms with Gasteiger partial charge in [0.25, 0.3) is 5.95 Å². The first-order valence-corrected chi connectivity index (χ1v) is 10.1. The van der Waals surface area contributed by atoms with Gasteiger partial charge in [0.15, 0.2) is 5.65 Å². The summed E-state index contributed by atoms with van der Waals surface area (Å²) in [4.78, 5) is 14.8. The van der Waals surface area contributed by atoms with Gasteiger partial charge >= 0.3 is 6.09 Å². The van der Waals surface area contributed by atoms with E-state index < -0.39 is 16.1 Å². The van der Waals surface area contributed by atoms with Crippen molar-refractivity contribution in [2.45, 2.75) is 19.3 Å². The van der Waals surface area contributed by atoms with Gasteiger partial charge in [-0.05, 0) is 24.3 Å². The Morgan fingerprint density at radius 1 is 1.15 bits per heavy atom. The molecule has 1 aromatic carbocycles. The molecule has 142 valence electrons. The molecule has 1 saturated carbocycles. The van der Waals surface area contributed by atoms with Crippen LogP contribution in [0, 0.1) is 0 Å². The summed E-state index contributed by atoms with van der Waals surface area (Å²) in [5.74, 6) is -0.0413. The van der Waals surface area contributed by atoms with Gasteiger partial charge < -0.3 is 5.11 Å². The summed E-state index contributed by atoms with van der Waals surface area (Å²) >= 11 is 0. The number of pyridine rings is 1. The fraction of sp³-hybridized carbons (Fsp3) is 0.235. The monoisotopic (exact) mass is 389 g/mol. The third-order valence-electron chi connectivity index (χ3n) is 3.39. The maximum atomic E-state index is 11.4. The second kappa shape index (κ2) is 7.62. The topological polar surface area (TPSA) is 126 Å². The maximum Gasteiger partial charge on any atom is 0.411 e. The zero-order valence-electron chi connectivity index (χ0n) is 14.6. The third-order valence-corrected chi connectivity index (χ3v) is 4.00. The third kappa shape index (κ3) is 5.42. The predicted molar refractivity (Wildman–Crippen MR) is 102 cm³/mol. The van der Waals surface area contributed by atoms with Crippen LogP contribution in [0.2, 0.25) is 0 Å². The van der Waals surface area contributed by atoms with E-state index in [1.54, 1.807) is 42.5 Å². The van der Waals surface area contributed by atoms with E-state index >= 15 is 0 Å². The van der Waals surface area contributed by atoms with Gasteiger partial charge in [0.1, 0.15) is 0 Å². The highest BCUT2D eigenvalue weighted by molar-refractivity contribution is 7.92. The Bertz CT molecular complexity index is 1070. The van der Waals surface area contributed by atoms with Crippen molar-refractivity contribution in [1.29, 1.82) is 0 Å². The first kappa shape index (κ1) is 18.6. The number of nitrogens with zero attached hydrogens (tertiary/aromatic N) is 3. The number of amides is 1. The molecular formula is C17H19N5O4S. The molecule has 3 N–H and O–H groups in total. The summed E-state index contributed by atoms with van der Waals surface area (Å²) in [6.07, 6.45) is 4.31. The van der Waals surface area contributed by atoms with Crippen molar-refractivity contribution >= 4 is 33.4 Å². The SMILES string of the molecule is C1CC1.CS(=O)(=O)Nc1cccc(-c2cccc3nc(NC(=O)O)nn23)c1. The number of benzene rings is 1. The van der Waals surface area contributed by atoms with Crippen LogP contribution in [0.25, 0.3) is 16.9 Å². The number of carboxylic acid groups (broad SMARTS) is 1. The van der Waals surface area contributed by atoms with Crippen molar-refractivity contribution in [3.05, 3.63) is 42.5 Å². The summed E-state index contributed by atoms with van der Waals surface area (Å²) < 4.78 is 26.6. The average molecular weight is 389 g/mol. The van der Waals surface area contributed by atoms with Crippen molar-refractivity contribution in [2.24, 2.45) is 0 Å². The smallest absolute Gasteiger partial charge is 0.411 e. The van der Waals surface area contributed by atoms with Gasteiger partial charge in [0.2, 0.25) is 10.0 Å². The molecule has 0 atom stereocenters. The van der Waals surface area contributed by atoms with E-state index in [9.17, 15) is 13.2 Å². The normalized spacial score (nSPS) is 12.8. The molecule has 1 aliphatic carbocycles. The lowest BCUT2D eigenvalue weighted by Crippen LogP contribution is -2.09. The highest BCUT2D eigenvalue weighted by Gasteiger charge is 2.11. The first-order valence-electron chi connectivity index (χ1n) is 8.26. The van der Waals surface area contributed by atoms with Crippen molar-refractivity contribution in [1.82, 2.24) is 14.6 Å². The molecule has 1 fully saturated rings. The second-order valence-electron chi connectivity index (χ2n) is 6.06. The first-order chi connectivity index (χ1) is 12.8. The van der Waals surface area contributed by atoms with Gasteiger partial charge in [0.05, 0.1) is 11.9 Å². The molecule has 2 heterocycles. The van der Waals surface area contributed by atoms with Crippen molar-refractivity contribution in [3.8, 4) is 11.3 Å². The van der Waals surface area contributed by atoms with Gasteiger partial charge in [-0.25, -0.2) is 17.7 Å². The zero-order valence-corrected chi connectivity index (χ0v) is 15.4. The second-order valence-corrected chi connectivity index (χ2v) is 7.81. The summed E-state index contributed by atoms with van der Waals surface area (Å²) in [6, 6.07) is 12.0. The molecule has 0 aliphatic heterocycles. The van der Waals surface area contributed by atoms with E-state index in [1.807, 2.05) is 0 Å². The van der Waals surface area contributed by atoms with E-state index in [-0.39, 0.29) is 5.95 Å². The lowest BCUT2D eigenvalue weighted by Gasteiger charge is -2.08. The summed E-state index contributed by atoms with van der Waals surface area (Å²) in [6.45, 7) is 0. The minimum Gasteiger partial charge on any atom is -0.465 e. The van der Waals surface area contributed by atoms with Crippen LogP contribution in [0.15, 0.2) is 42.5 Å². The molecule has 1 aliphatic rings. The van der Waals surface area contributed by atoms with Crippen molar-refractivity contribution in [3.63, 3.8) is 0 Å². The van der Waals surface area contributed by atoms with Crippen LogP contribution >= 0.6 is 0 Å². The summed E-state index contributed by atoms with van der Waals surface area (Å²) in [5.41, 5.74) is 2.20. The number of fused-ring (bicyclic) bond motifs is 1. The standard InChI is InChI=1S/C14H13N5O4S.C3H6/c1-24(22,23)18-10-5-2-4-9(8-10)11-6-3-7-12-15-13(16-14(20)21)17-19(11)12;1-2-3-1/h2-8,18H,1H3,(H,16,17)(H,20,21);1-3H2. The van der Waals surface area contributed by atoms with Gasteiger partial charge in [0, 0.05) is 11.3 Å². The fourth-order valence-corrected chi connectivity index (χ4v) is 2.78. The Hall–Kier alpha value is -3.14. The Balaban J connectivity index is 0.000000637. The Kier molecular flexibility index (Phi) is 5.26. The molecule has 0 bridgehead atoms. The van der Waals surface area contributed by atoms with Crippen LogP contribution in [-0.4, -0.2) is 40.5 Å². The molecule has 4 rings (SSSR count). The van der Waals surface area contributed by atoms with Crippen LogP contribution in [0.5, 0.6) is 0 Å². The van der Waals surface area contributed by atoms with E-state index in [0.29, 0.717) is 22.6 Å². The zero-order chi connectivity index (χ0) is 19.4. The highest BCUT2D eigenvalue weighted by atomic mass is 32.2. The Morgan fingerprint density at radius 3 is 2.48 bits per heavy atom. The Labute approximate surface area is 156 Å². The molecule has 27 heavy (non-hydrogen) atoms. The van der Waals surface area contributed by atoms with E-state index in [4.69, 9.17) is 5.11 Å². The lowest BCUT2D eigenvalue weighted by molar-refractivity contribution is 0.209. The van der Waals surface area contributed by atoms with Crippen LogP contribution in [0.4, 0.5) is 16.4 Å². The quantitative estimate of drug-likeness (QED) is 0.630. The molecule has 9 nitrogen and oxygen atoms in total. The van der Waals surface area contributed by atoms with Gasteiger partial charge in [-0.3, -0.25) is 10.0 Å². The molecule has 1 amide bonds. The molecular weight excluding hydrogens is 370 g/mol. The number of hydrogen-bond acceptors (Lipinski definition) is 5. The highest BCUT2D eigenvalue weighted by Crippen LogP contribution is 2.24. The number of aromatic nitrogens is 3. The number of rotatable bonds is 4. The van der Waals surface area contributed by atoms with Crippen LogP contribution in [-0.2, 0) is 10.0 Å². The van der Waals surface area contributed by atoms with E-state index in [2.05, 4.69) is 20.1 Å². The lowest BCUT2D eigenvalue weighted by atomic mass is 10.1. The van der Waals surface area contributed by atoms with E-state index in [1.165, 1.54) is 23.8 Å². The molecule has 0 saturated heterocycles. The van der Waals surface area contributed by atoms with Gasteiger partial charge in [-0.1, -0.05) is 37.5 Å². The van der Waals surface area contributed by atoms with Crippen LogP contribution in [0.3, 0.4) is 0 Å². The number of anilines is 2. The largest absolute Gasteiger partial charge is 0.465 e. The number of hydrogen-bond donors (Lipinski definition) is 3. The molecule has 2 aromatic heterocycles. The number of carbonyl (C=O) groups is 1. The predicted octanol–water partition coefficient (Wildman–Crippen LogP) is 3.03. The maximum absolute atomic E-state index is 11.4. The minimum atomic E-state index is -3.39. The van der Waals surface area contributed by atoms with Crippen LogP contribution < -0.4 is 10.0 Å². The van der Waals surface area contributed by atoms with Gasteiger partial charge in [-0.2, -0.15) is 4.98 Å². The average Bonchev–Trinajstić information content (AvgIpc) is 3.39. The number of nitrogens with one attached hydrogen (secondary N) is 2. The minimum absolute atomic E-state index is 0.0413. The Morgan fingerprint density at radius 2 is 1.85 bits per heavy atom. The molecule has 3 aromatic rings. The van der Waals surface area contributed by atoms with Crippen molar-refractivity contribution < 1.29 is 18.3 Å². The van der Waals surface area contributed by atoms with E-state index in [0.717, 1.165) is 6.26 Å².